The molecule has 0 aliphatic carbocycles. The zero-order valence-electron chi connectivity index (χ0n) is 7.43. The SMILES string of the molecule is COc1ccc(C(O)C2CO2)cc1. The quantitative estimate of drug-likeness (QED) is 0.709. The Kier molecular flexibility index (Phi) is 2.20. The third kappa shape index (κ3) is 1.82. The second-order valence-electron chi connectivity index (χ2n) is 3.09. The molecule has 0 amide bonds. The van der Waals surface area contributed by atoms with Crippen molar-refractivity contribution in [1.82, 2.24) is 0 Å². The molecule has 1 fully saturated rings. The molecule has 3 nitrogen and oxygen atoms in total. The van der Waals surface area contributed by atoms with E-state index in [0.29, 0.717) is 6.61 Å². The molecule has 2 atom stereocenters. The highest BCUT2D eigenvalue weighted by atomic mass is 16.6. The normalized spacial score (nSPS) is 22.5. The van der Waals surface area contributed by atoms with E-state index in [-0.39, 0.29) is 6.10 Å². The second kappa shape index (κ2) is 3.36. The van der Waals surface area contributed by atoms with Crippen molar-refractivity contribution in [2.75, 3.05) is 13.7 Å². The molecule has 0 bridgehead atoms. The maximum absolute atomic E-state index is 9.66. The van der Waals surface area contributed by atoms with Gasteiger partial charge in [-0.05, 0) is 17.7 Å². The van der Waals surface area contributed by atoms with Crippen molar-refractivity contribution < 1.29 is 14.6 Å². The van der Waals surface area contributed by atoms with Gasteiger partial charge in [-0.1, -0.05) is 12.1 Å². The van der Waals surface area contributed by atoms with Crippen molar-refractivity contribution in [1.29, 1.82) is 0 Å². The van der Waals surface area contributed by atoms with E-state index in [0.717, 1.165) is 11.3 Å². The standard InChI is InChI=1S/C10H12O3/c1-12-8-4-2-7(3-5-8)10(11)9-6-13-9/h2-5,9-11H,6H2,1H3. The molecule has 1 aromatic carbocycles. The van der Waals surface area contributed by atoms with Crippen LogP contribution in [0, 0.1) is 0 Å². The maximum Gasteiger partial charge on any atom is 0.118 e. The first-order chi connectivity index (χ1) is 6.31. The third-order valence-corrected chi connectivity index (χ3v) is 2.17. The van der Waals surface area contributed by atoms with E-state index in [1.165, 1.54) is 0 Å². The predicted molar refractivity (Wildman–Crippen MR) is 47.7 cm³/mol. The number of hydrogen-bond acceptors (Lipinski definition) is 3. The highest BCUT2D eigenvalue weighted by molar-refractivity contribution is 5.29. The zero-order valence-corrected chi connectivity index (χ0v) is 7.43. The lowest BCUT2D eigenvalue weighted by Crippen LogP contribution is -2.04. The molecule has 70 valence electrons. The molecular formula is C10H12O3. The molecule has 3 heteroatoms. The molecule has 0 radical (unpaired) electrons. The number of methoxy groups -OCH3 is 1. The van der Waals surface area contributed by atoms with Gasteiger partial charge in [0.1, 0.15) is 18.0 Å². The molecule has 1 heterocycles. The number of aliphatic hydroxyl groups excluding tert-OH is 1. The van der Waals surface area contributed by atoms with E-state index in [1.807, 2.05) is 24.3 Å². The van der Waals surface area contributed by atoms with Crippen molar-refractivity contribution in [3.05, 3.63) is 29.8 Å². The summed E-state index contributed by atoms with van der Waals surface area (Å²) in [5.74, 6) is 0.799. The van der Waals surface area contributed by atoms with Crippen LogP contribution in [0.5, 0.6) is 5.75 Å². The second-order valence-corrected chi connectivity index (χ2v) is 3.09. The lowest BCUT2D eigenvalue weighted by atomic mass is 10.1. The summed E-state index contributed by atoms with van der Waals surface area (Å²) in [5.41, 5.74) is 0.878. The van der Waals surface area contributed by atoms with Gasteiger partial charge in [0.25, 0.3) is 0 Å². The highest BCUT2D eigenvalue weighted by Gasteiger charge is 2.32. The van der Waals surface area contributed by atoms with Crippen LogP contribution in [0.25, 0.3) is 0 Å². The van der Waals surface area contributed by atoms with Crippen LogP contribution >= 0.6 is 0 Å². The minimum absolute atomic E-state index is 0.00612. The van der Waals surface area contributed by atoms with Gasteiger partial charge < -0.3 is 14.6 Å². The topological polar surface area (TPSA) is 42.0 Å². The van der Waals surface area contributed by atoms with Gasteiger partial charge in [-0.3, -0.25) is 0 Å². The Morgan fingerprint density at radius 2 is 2.08 bits per heavy atom. The zero-order chi connectivity index (χ0) is 9.26. The fraction of sp³-hybridized carbons (Fsp3) is 0.400. The number of ether oxygens (including phenoxy) is 2. The average Bonchev–Trinajstić information content (AvgIpc) is 3.00. The van der Waals surface area contributed by atoms with Crippen LogP contribution in [0.1, 0.15) is 11.7 Å². The molecule has 0 aromatic heterocycles. The lowest BCUT2D eigenvalue weighted by molar-refractivity contribution is 0.137. The fourth-order valence-electron chi connectivity index (χ4n) is 1.25. The molecule has 1 aliphatic rings. The van der Waals surface area contributed by atoms with Gasteiger partial charge in [-0.2, -0.15) is 0 Å². The van der Waals surface area contributed by atoms with Crippen LogP contribution in [-0.4, -0.2) is 24.9 Å². The summed E-state index contributed by atoms with van der Waals surface area (Å²) < 4.78 is 10.0. The number of benzene rings is 1. The Morgan fingerprint density at radius 1 is 1.46 bits per heavy atom. The van der Waals surface area contributed by atoms with Crippen LogP contribution in [-0.2, 0) is 4.74 Å². The van der Waals surface area contributed by atoms with Crippen LogP contribution < -0.4 is 4.74 Å². The van der Waals surface area contributed by atoms with E-state index >= 15 is 0 Å². The highest BCUT2D eigenvalue weighted by Crippen LogP contribution is 2.28. The molecule has 1 aliphatic heterocycles. The fourth-order valence-corrected chi connectivity index (χ4v) is 1.25. The summed E-state index contributed by atoms with van der Waals surface area (Å²) in [4.78, 5) is 0. The lowest BCUT2D eigenvalue weighted by Gasteiger charge is -2.07. The summed E-state index contributed by atoms with van der Waals surface area (Å²) in [6, 6.07) is 7.37. The van der Waals surface area contributed by atoms with E-state index in [2.05, 4.69) is 0 Å². The van der Waals surface area contributed by atoms with Crippen molar-refractivity contribution in [2.45, 2.75) is 12.2 Å². The van der Waals surface area contributed by atoms with Gasteiger partial charge in [-0.15, -0.1) is 0 Å². The molecule has 13 heavy (non-hydrogen) atoms. The summed E-state index contributed by atoms with van der Waals surface area (Å²) >= 11 is 0. The monoisotopic (exact) mass is 180 g/mol. The number of aliphatic hydroxyl groups is 1. The van der Waals surface area contributed by atoms with Gasteiger partial charge in [0, 0.05) is 0 Å². The maximum atomic E-state index is 9.66. The molecular weight excluding hydrogens is 168 g/mol. The van der Waals surface area contributed by atoms with Crippen molar-refractivity contribution in [3.63, 3.8) is 0 Å². The van der Waals surface area contributed by atoms with Crippen molar-refractivity contribution in [2.24, 2.45) is 0 Å². The Labute approximate surface area is 76.9 Å². The van der Waals surface area contributed by atoms with Crippen LogP contribution in [0.3, 0.4) is 0 Å². The third-order valence-electron chi connectivity index (χ3n) is 2.17. The van der Waals surface area contributed by atoms with Crippen molar-refractivity contribution in [3.8, 4) is 5.75 Å². The van der Waals surface area contributed by atoms with E-state index in [9.17, 15) is 5.11 Å². The summed E-state index contributed by atoms with van der Waals surface area (Å²) in [7, 11) is 1.62. The number of rotatable bonds is 3. The summed E-state index contributed by atoms with van der Waals surface area (Å²) in [6.07, 6.45) is -0.501. The van der Waals surface area contributed by atoms with Crippen molar-refractivity contribution >= 4 is 0 Å². The Bertz CT molecular complexity index is 277. The van der Waals surface area contributed by atoms with E-state index in [4.69, 9.17) is 9.47 Å². The predicted octanol–water partition coefficient (Wildman–Crippen LogP) is 1.13. The van der Waals surface area contributed by atoms with Gasteiger partial charge in [-0.25, -0.2) is 0 Å². The summed E-state index contributed by atoms with van der Waals surface area (Å²) in [5, 5.41) is 9.66. The van der Waals surface area contributed by atoms with Gasteiger partial charge >= 0.3 is 0 Å². The molecule has 2 unspecified atom stereocenters. The molecule has 1 saturated heterocycles. The first kappa shape index (κ1) is 8.53. The van der Waals surface area contributed by atoms with Gasteiger partial charge in [0.15, 0.2) is 0 Å². The number of hydrogen-bond donors (Lipinski definition) is 1. The Hall–Kier alpha value is -1.06. The van der Waals surface area contributed by atoms with Crippen LogP contribution in [0.2, 0.25) is 0 Å². The Morgan fingerprint density at radius 3 is 2.54 bits per heavy atom. The largest absolute Gasteiger partial charge is 0.497 e. The minimum atomic E-state index is -0.495. The van der Waals surface area contributed by atoms with Gasteiger partial charge in [0.2, 0.25) is 0 Å². The van der Waals surface area contributed by atoms with Gasteiger partial charge in [0.05, 0.1) is 13.7 Å². The van der Waals surface area contributed by atoms with Crippen LogP contribution in [0.15, 0.2) is 24.3 Å². The number of epoxide rings is 1. The summed E-state index contributed by atoms with van der Waals surface area (Å²) in [6.45, 7) is 0.660. The first-order valence-electron chi connectivity index (χ1n) is 4.25. The molecule has 0 saturated carbocycles. The molecule has 1 aromatic rings. The average molecular weight is 180 g/mol. The first-order valence-corrected chi connectivity index (χ1v) is 4.25. The van der Waals surface area contributed by atoms with E-state index < -0.39 is 6.10 Å². The molecule has 2 rings (SSSR count). The Balaban J connectivity index is 2.11. The minimum Gasteiger partial charge on any atom is -0.497 e. The van der Waals surface area contributed by atoms with Crippen LogP contribution in [0.4, 0.5) is 0 Å². The van der Waals surface area contributed by atoms with E-state index in [1.54, 1.807) is 7.11 Å². The molecule has 0 spiro atoms. The molecule has 1 N–H and O–H groups in total. The smallest absolute Gasteiger partial charge is 0.118 e.